The van der Waals surface area contributed by atoms with Crippen molar-refractivity contribution in [3.05, 3.63) is 0 Å². The van der Waals surface area contributed by atoms with E-state index >= 15 is 0 Å². The molecule has 0 aromatic carbocycles. The zero-order valence-electron chi connectivity index (χ0n) is 25.7. The molecule has 0 spiro atoms. The van der Waals surface area contributed by atoms with Crippen LogP contribution in [0.5, 0.6) is 0 Å². The van der Waals surface area contributed by atoms with Crippen molar-refractivity contribution in [2.75, 3.05) is 26.4 Å². The average Bonchev–Trinajstić information content (AvgIpc) is 2.89. The van der Waals surface area contributed by atoms with Crippen molar-refractivity contribution in [3.63, 3.8) is 0 Å². The summed E-state index contributed by atoms with van der Waals surface area (Å²) < 4.78 is 33.9. The van der Waals surface area contributed by atoms with Crippen LogP contribution >= 0.6 is 0 Å². The van der Waals surface area contributed by atoms with Gasteiger partial charge in [-0.3, -0.25) is 0 Å². The van der Waals surface area contributed by atoms with E-state index in [0.717, 1.165) is 32.8 Å². The van der Waals surface area contributed by atoms with Crippen molar-refractivity contribution in [1.29, 1.82) is 0 Å². The lowest BCUT2D eigenvalue weighted by Crippen LogP contribution is -2.45. The van der Waals surface area contributed by atoms with Gasteiger partial charge in [-0.15, -0.1) is 0 Å². The van der Waals surface area contributed by atoms with Crippen molar-refractivity contribution >= 4 is 21.4 Å². The molecular weight excluding hydrogens is 441 g/mol. The van der Waals surface area contributed by atoms with Gasteiger partial charge in [-0.25, -0.2) is 0 Å². The number of rotatable bonds is 0. The highest BCUT2D eigenvalue weighted by Crippen LogP contribution is 2.44. The summed E-state index contributed by atoms with van der Waals surface area (Å²) in [5.41, 5.74) is -0.225. The maximum absolute atomic E-state index is 5.91. The first kappa shape index (κ1) is 33.0. The fraction of sp³-hybridized carbons (Fsp3) is 1.00. The molecule has 35 heavy (non-hydrogen) atoms. The zero-order chi connectivity index (χ0) is 27.5. The fourth-order valence-electron chi connectivity index (χ4n) is 3.38. The van der Waals surface area contributed by atoms with Crippen LogP contribution in [0.15, 0.2) is 0 Å². The Kier molecular flexibility index (Phi) is 11.1. The Morgan fingerprint density at radius 1 is 0.486 bits per heavy atom. The monoisotopic (exact) mass is 496 g/mol. The van der Waals surface area contributed by atoms with Gasteiger partial charge in [0.15, 0.2) is 0 Å². The Hall–Kier alpha value is -0.0452. The van der Waals surface area contributed by atoms with E-state index in [1.165, 1.54) is 0 Å². The van der Waals surface area contributed by atoms with Gasteiger partial charge in [0.05, 0.1) is 11.2 Å². The third-order valence-electron chi connectivity index (χ3n) is 6.45. The highest BCUT2D eigenvalue weighted by Gasteiger charge is 2.55. The van der Waals surface area contributed by atoms with Crippen LogP contribution in [-0.2, 0) is 27.9 Å². The first-order chi connectivity index (χ1) is 15.5. The molecule has 6 nitrogen and oxygen atoms in total. The van der Waals surface area contributed by atoms with Gasteiger partial charge >= 0.3 is 21.4 Å². The van der Waals surface area contributed by atoms with Crippen LogP contribution in [0.25, 0.3) is 0 Å². The van der Waals surface area contributed by atoms with Crippen molar-refractivity contribution in [2.24, 2.45) is 5.41 Å². The molecular formula is C26H55B3O6. The summed E-state index contributed by atoms with van der Waals surface area (Å²) >= 11 is 0. The smallest absolute Gasteiger partial charge is 0.411 e. The Morgan fingerprint density at radius 3 is 1.06 bits per heavy atom. The minimum atomic E-state index is -0.203. The summed E-state index contributed by atoms with van der Waals surface area (Å²) in [6, 6.07) is 0. The Bertz CT molecular complexity index is 615. The third kappa shape index (κ3) is 10.7. The van der Waals surface area contributed by atoms with Crippen LogP contribution in [0.1, 0.15) is 110 Å². The van der Waals surface area contributed by atoms with Gasteiger partial charge in [-0.1, -0.05) is 76.2 Å². The summed E-state index contributed by atoms with van der Waals surface area (Å²) in [5.74, 6) is 0. The van der Waals surface area contributed by atoms with Crippen molar-refractivity contribution in [1.82, 2.24) is 0 Å². The average molecular weight is 496 g/mol. The minimum absolute atomic E-state index is 0.00116. The van der Waals surface area contributed by atoms with E-state index in [0.29, 0.717) is 0 Å². The third-order valence-corrected chi connectivity index (χ3v) is 6.45. The SMILES string of the molecule is CC(C)(C)B1OC(C)(C)C(C)(C)O1.CC(C)(C)B1OCCCO1.CC1(C)COB(C(C)(C)C)OC1. The molecule has 3 fully saturated rings. The second-order valence-corrected chi connectivity index (χ2v) is 15.2. The van der Waals surface area contributed by atoms with Crippen LogP contribution in [0.2, 0.25) is 15.9 Å². The quantitative estimate of drug-likeness (QED) is 0.339. The molecule has 0 atom stereocenters. The van der Waals surface area contributed by atoms with E-state index < -0.39 is 0 Å². The second-order valence-electron chi connectivity index (χ2n) is 15.2. The van der Waals surface area contributed by atoms with E-state index in [4.69, 9.17) is 27.9 Å². The Balaban J connectivity index is 0.000000265. The van der Waals surface area contributed by atoms with E-state index in [2.05, 4.69) is 104 Å². The lowest BCUT2D eigenvalue weighted by Gasteiger charge is -2.37. The first-order valence-electron chi connectivity index (χ1n) is 13.3. The fourth-order valence-corrected chi connectivity index (χ4v) is 3.38. The van der Waals surface area contributed by atoms with E-state index in [-0.39, 0.29) is 53.9 Å². The topological polar surface area (TPSA) is 55.4 Å². The Morgan fingerprint density at radius 2 is 0.800 bits per heavy atom. The molecule has 0 aliphatic carbocycles. The molecule has 0 radical (unpaired) electrons. The lowest BCUT2D eigenvalue weighted by molar-refractivity contribution is 0.00578. The predicted octanol–water partition coefficient (Wildman–Crippen LogP) is 6.94. The summed E-state index contributed by atoms with van der Waals surface area (Å²) in [7, 11) is -0.135. The van der Waals surface area contributed by atoms with Gasteiger partial charge in [-0.2, -0.15) is 0 Å². The molecule has 0 aromatic heterocycles. The summed E-state index contributed by atoms with van der Waals surface area (Å²) in [5, 5.41) is 0.266. The largest absolute Gasteiger partial charge is 0.463 e. The summed E-state index contributed by atoms with van der Waals surface area (Å²) in [6.45, 7) is 35.1. The molecule has 0 bridgehead atoms. The summed E-state index contributed by atoms with van der Waals surface area (Å²) in [4.78, 5) is 0. The maximum Gasteiger partial charge on any atom is 0.463 e. The van der Waals surface area contributed by atoms with Crippen molar-refractivity contribution in [3.8, 4) is 0 Å². The molecule has 9 heteroatoms. The molecule has 0 amide bonds. The molecule has 3 rings (SSSR count). The number of hydrogen-bond acceptors (Lipinski definition) is 6. The standard InChI is InChI=1S/C10H21BO2.C9H19BO2.C7H15BO2/c1-8(2,3)11-12-9(4,5)10(6,7)13-11;1-8(2,3)10-11-6-9(4,5)7-12-10;1-7(2,3)8-9-5-4-6-10-8/h1-7H3;6-7H2,1-5H3;4-6H2,1-3H3. The van der Waals surface area contributed by atoms with Crippen molar-refractivity contribution < 1.29 is 27.9 Å². The zero-order valence-corrected chi connectivity index (χ0v) is 25.7. The lowest BCUT2D eigenvalue weighted by atomic mass is 9.60. The van der Waals surface area contributed by atoms with Gasteiger partial charge in [0.1, 0.15) is 0 Å². The summed E-state index contributed by atoms with van der Waals surface area (Å²) in [6.07, 6.45) is 1.03. The molecule has 0 aromatic rings. The molecule has 204 valence electrons. The van der Waals surface area contributed by atoms with E-state index in [1.54, 1.807) is 0 Å². The molecule has 3 saturated heterocycles. The second kappa shape index (κ2) is 11.8. The van der Waals surface area contributed by atoms with Crippen LogP contribution in [0, 0.1) is 5.41 Å². The normalized spacial score (nSPS) is 24.3. The highest BCUT2D eigenvalue weighted by molar-refractivity contribution is 6.49. The van der Waals surface area contributed by atoms with Gasteiger partial charge in [0.2, 0.25) is 0 Å². The molecule has 0 saturated carbocycles. The molecule has 0 N–H and O–H groups in total. The van der Waals surface area contributed by atoms with Gasteiger partial charge in [0.25, 0.3) is 0 Å². The van der Waals surface area contributed by atoms with Crippen molar-refractivity contribution in [2.45, 2.75) is 137 Å². The predicted molar refractivity (Wildman–Crippen MR) is 149 cm³/mol. The van der Waals surface area contributed by atoms with E-state index in [1.807, 2.05) is 0 Å². The van der Waals surface area contributed by atoms with Crippen LogP contribution in [0.3, 0.4) is 0 Å². The maximum atomic E-state index is 5.91. The molecule has 0 unspecified atom stereocenters. The first-order valence-corrected chi connectivity index (χ1v) is 13.3. The van der Waals surface area contributed by atoms with Crippen LogP contribution in [-0.4, -0.2) is 59.0 Å². The minimum Gasteiger partial charge on any atom is -0.411 e. The number of hydrogen-bond donors (Lipinski definition) is 0. The van der Waals surface area contributed by atoms with Crippen LogP contribution in [0.4, 0.5) is 0 Å². The Labute approximate surface area is 218 Å². The van der Waals surface area contributed by atoms with Gasteiger partial charge < -0.3 is 27.9 Å². The molecule has 3 heterocycles. The highest BCUT2D eigenvalue weighted by atomic mass is 16.7. The molecule has 3 aliphatic heterocycles. The molecule has 3 aliphatic rings. The van der Waals surface area contributed by atoms with E-state index in [9.17, 15) is 0 Å². The van der Waals surface area contributed by atoms with Crippen LogP contribution < -0.4 is 0 Å². The van der Waals surface area contributed by atoms with Gasteiger partial charge in [-0.05, 0) is 50.1 Å². The van der Waals surface area contributed by atoms with Gasteiger partial charge in [0, 0.05) is 31.8 Å².